The van der Waals surface area contributed by atoms with Gasteiger partial charge in [-0.3, -0.25) is 4.90 Å². The molecular weight excluding hydrogens is 426 g/mol. The summed E-state index contributed by atoms with van der Waals surface area (Å²) in [5.74, 6) is 0.921. The number of ether oxygens (including phenoxy) is 1. The van der Waals surface area contributed by atoms with Gasteiger partial charge in [0.1, 0.15) is 11.4 Å². The SMILES string of the molecule is CCCCN(CCCC)C(CC)Oc1ccc(-c2cn3cc(Br)ccc3n2)cc1. The third kappa shape index (κ3) is 5.83. The Hall–Kier alpha value is -1.85. The summed E-state index contributed by atoms with van der Waals surface area (Å²) in [5.41, 5.74) is 3.00. The number of pyridine rings is 1. The van der Waals surface area contributed by atoms with Gasteiger partial charge in [0.05, 0.1) is 5.69 Å². The number of nitrogens with zero attached hydrogens (tertiary/aromatic N) is 3. The Kier molecular flexibility index (Phi) is 8.13. The molecule has 0 bridgehead atoms. The standard InChI is InChI=1S/C24H32BrN3O/c1-4-7-15-27(16-8-5-2)24(6-3)29-21-12-9-19(10-13-21)22-18-28-17-20(25)11-14-23(28)26-22/h9-14,17-18,24H,4-8,15-16H2,1-3H3. The molecule has 2 heterocycles. The summed E-state index contributed by atoms with van der Waals surface area (Å²) in [6.45, 7) is 8.90. The summed E-state index contributed by atoms with van der Waals surface area (Å²) in [7, 11) is 0. The summed E-state index contributed by atoms with van der Waals surface area (Å²) in [6.07, 6.45) is 10.0. The molecule has 0 spiro atoms. The number of halogens is 1. The Morgan fingerprint density at radius 1 is 0.966 bits per heavy atom. The molecule has 2 aromatic heterocycles. The van der Waals surface area contributed by atoms with Gasteiger partial charge in [0.15, 0.2) is 6.23 Å². The van der Waals surface area contributed by atoms with E-state index < -0.39 is 0 Å². The van der Waals surface area contributed by atoms with Gasteiger partial charge in [-0.2, -0.15) is 0 Å². The molecule has 3 aromatic rings. The van der Waals surface area contributed by atoms with Crippen LogP contribution in [-0.2, 0) is 0 Å². The predicted molar refractivity (Wildman–Crippen MR) is 124 cm³/mol. The maximum atomic E-state index is 6.38. The third-order valence-electron chi connectivity index (χ3n) is 5.19. The van der Waals surface area contributed by atoms with Gasteiger partial charge >= 0.3 is 0 Å². The zero-order valence-electron chi connectivity index (χ0n) is 17.8. The van der Waals surface area contributed by atoms with E-state index >= 15 is 0 Å². The van der Waals surface area contributed by atoms with Crippen LogP contribution in [0.25, 0.3) is 16.9 Å². The number of hydrogen-bond donors (Lipinski definition) is 0. The summed E-state index contributed by atoms with van der Waals surface area (Å²) < 4.78 is 9.46. The first kappa shape index (κ1) is 21.8. The Bertz CT molecular complexity index is 883. The summed E-state index contributed by atoms with van der Waals surface area (Å²) in [4.78, 5) is 7.22. The van der Waals surface area contributed by atoms with Gasteiger partial charge in [0, 0.05) is 35.5 Å². The second-order valence-electron chi connectivity index (χ2n) is 7.49. The van der Waals surface area contributed by atoms with Gasteiger partial charge in [-0.05, 0) is 71.6 Å². The molecule has 29 heavy (non-hydrogen) atoms. The molecule has 1 unspecified atom stereocenters. The van der Waals surface area contributed by atoms with Crippen LogP contribution in [0.1, 0.15) is 52.9 Å². The molecule has 5 heteroatoms. The minimum atomic E-state index is 0.131. The predicted octanol–water partition coefficient (Wildman–Crippen LogP) is 6.78. The normalized spacial score (nSPS) is 12.6. The molecule has 0 aliphatic carbocycles. The third-order valence-corrected chi connectivity index (χ3v) is 5.66. The van der Waals surface area contributed by atoms with E-state index in [1.165, 1.54) is 25.7 Å². The van der Waals surface area contributed by atoms with Crippen molar-refractivity contribution in [1.29, 1.82) is 0 Å². The lowest BCUT2D eigenvalue weighted by Gasteiger charge is -2.31. The van der Waals surface area contributed by atoms with Gasteiger partial charge in [0.2, 0.25) is 0 Å². The fourth-order valence-electron chi connectivity index (χ4n) is 3.50. The average Bonchev–Trinajstić information content (AvgIpc) is 3.16. The van der Waals surface area contributed by atoms with Crippen LogP contribution in [0.5, 0.6) is 5.75 Å². The lowest BCUT2D eigenvalue weighted by molar-refractivity contribution is 0.0202. The van der Waals surface area contributed by atoms with Crippen molar-refractivity contribution >= 4 is 21.6 Å². The number of rotatable bonds is 11. The molecule has 0 saturated heterocycles. The van der Waals surface area contributed by atoms with Crippen molar-refractivity contribution in [3.63, 3.8) is 0 Å². The second kappa shape index (κ2) is 10.8. The minimum Gasteiger partial charge on any atom is -0.475 e. The van der Waals surface area contributed by atoms with Gasteiger partial charge in [0.25, 0.3) is 0 Å². The van der Waals surface area contributed by atoms with Gasteiger partial charge in [-0.1, -0.05) is 33.6 Å². The van der Waals surface area contributed by atoms with E-state index in [1.54, 1.807) is 0 Å². The van der Waals surface area contributed by atoms with E-state index in [0.29, 0.717) is 0 Å². The van der Waals surface area contributed by atoms with E-state index in [2.05, 4.69) is 72.1 Å². The molecule has 156 valence electrons. The van der Waals surface area contributed by atoms with Crippen LogP contribution in [0.2, 0.25) is 0 Å². The highest BCUT2D eigenvalue weighted by Crippen LogP contribution is 2.24. The molecule has 0 radical (unpaired) electrons. The Morgan fingerprint density at radius 3 is 2.28 bits per heavy atom. The van der Waals surface area contributed by atoms with Crippen molar-refractivity contribution < 1.29 is 4.74 Å². The summed E-state index contributed by atoms with van der Waals surface area (Å²) in [6, 6.07) is 12.4. The van der Waals surface area contributed by atoms with Gasteiger partial charge in [-0.25, -0.2) is 4.98 Å². The lowest BCUT2D eigenvalue weighted by Crippen LogP contribution is -2.40. The number of fused-ring (bicyclic) bond motifs is 1. The summed E-state index contributed by atoms with van der Waals surface area (Å²) >= 11 is 3.51. The summed E-state index contributed by atoms with van der Waals surface area (Å²) in [5, 5.41) is 0. The molecule has 1 aromatic carbocycles. The quantitative estimate of drug-likeness (QED) is 0.297. The maximum absolute atomic E-state index is 6.38. The molecule has 3 rings (SSSR count). The second-order valence-corrected chi connectivity index (χ2v) is 8.40. The molecule has 0 amide bonds. The smallest absolute Gasteiger partial charge is 0.152 e. The Morgan fingerprint density at radius 2 is 1.66 bits per heavy atom. The number of benzene rings is 1. The van der Waals surface area contributed by atoms with E-state index in [9.17, 15) is 0 Å². The number of hydrogen-bond acceptors (Lipinski definition) is 3. The van der Waals surface area contributed by atoms with Crippen LogP contribution in [-0.4, -0.2) is 33.6 Å². The highest BCUT2D eigenvalue weighted by Gasteiger charge is 2.17. The molecule has 0 fully saturated rings. The first-order chi connectivity index (χ1) is 14.1. The molecule has 0 N–H and O–H groups in total. The molecule has 0 aliphatic rings. The van der Waals surface area contributed by atoms with E-state index in [0.717, 1.165) is 46.6 Å². The van der Waals surface area contributed by atoms with Crippen molar-refractivity contribution in [3.8, 4) is 17.0 Å². The van der Waals surface area contributed by atoms with Crippen molar-refractivity contribution in [3.05, 3.63) is 53.3 Å². The average molecular weight is 458 g/mol. The fourth-order valence-corrected chi connectivity index (χ4v) is 3.86. The molecule has 1 atom stereocenters. The first-order valence-corrected chi connectivity index (χ1v) is 11.6. The zero-order chi connectivity index (χ0) is 20.6. The van der Waals surface area contributed by atoms with Crippen molar-refractivity contribution in [2.75, 3.05) is 13.1 Å². The van der Waals surface area contributed by atoms with Crippen LogP contribution in [0, 0.1) is 0 Å². The lowest BCUT2D eigenvalue weighted by atomic mass is 10.1. The van der Waals surface area contributed by atoms with E-state index in [1.807, 2.05) is 22.7 Å². The largest absolute Gasteiger partial charge is 0.475 e. The molecule has 4 nitrogen and oxygen atoms in total. The van der Waals surface area contributed by atoms with Crippen LogP contribution in [0.3, 0.4) is 0 Å². The van der Waals surface area contributed by atoms with Crippen LogP contribution >= 0.6 is 15.9 Å². The first-order valence-electron chi connectivity index (χ1n) is 10.8. The Labute approximate surface area is 183 Å². The monoisotopic (exact) mass is 457 g/mol. The Balaban J connectivity index is 1.71. The number of imidazole rings is 1. The fraction of sp³-hybridized carbons (Fsp3) is 0.458. The highest BCUT2D eigenvalue weighted by atomic mass is 79.9. The van der Waals surface area contributed by atoms with Gasteiger partial charge < -0.3 is 9.14 Å². The van der Waals surface area contributed by atoms with E-state index in [4.69, 9.17) is 9.72 Å². The minimum absolute atomic E-state index is 0.131. The van der Waals surface area contributed by atoms with Gasteiger partial charge in [-0.15, -0.1) is 0 Å². The van der Waals surface area contributed by atoms with Crippen LogP contribution in [0.15, 0.2) is 53.3 Å². The van der Waals surface area contributed by atoms with Crippen LogP contribution in [0.4, 0.5) is 0 Å². The number of unbranched alkanes of at least 4 members (excludes halogenated alkanes) is 2. The van der Waals surface area contributed by atoms with Crippen molar-refractivity contribution in [2.24, 2.45) is 0 Å². The van der Waals surface area contributed by atoms with Crippen LogP contribution < -0.4 is 4.74 Å². The van der Waals surface area contributed by atoms with Crippen molar-refractivity contribution in [1.82, 2.24) is 14.3 Å². The number of aromatic nitrogens is 2. The van der Waals surface area contributed by atoms with Crippen molar-refractivity contribution in [2.45, 2.75) is 59.1 Å². The zero-order valence-corrected chi connectivity index (χ0v) is 19.4. The van der Waals surface area contributed by atoms with E-state index in [-0.39, 0.29) is 6.23 Å². The highest BCUT2D eigenvalue weighted by molar-refractivity contribution is 9.10. The maximum Gasteiger partial charge on any atom is 0.152 e. The molecule has 0 aliphatic heterocycles. The topological polar surface area (TPSA) is 29.8 Å². The molecule has 0 saturated carbocycles. The molecular formula is C24H32BrN3O.